The maximum absolute atomic E-state index is 12.0. The second kappa shape index (κ2) is 6.83. The zero-order chi connectivity index (χ0) is 15.2. The van der Waals surface area contributed by atoms with E-state index in [4.69, 9.17) is 4.42 Å². The maximum atomic E-state index is 12.0. The summed E-state index contributed by atoms with van der Waals surface area (Å²) in [4.78, 5) is 29.4. The van der Waals surface area contributed by atoms with Crippen molar-refractivity contribution in [3.63, 3.8) is 0 Å². The van der Waals surface area contributed by atoms with E-state index in [1.54, 1.807) is 31.3 Å². The van der Waals surface area contributed by atoms with Crippen molar-refractivity contribution >= 4 is 22.8 Å². The Morgan fingerprint density at radius 3 is 2.86 bits per heavy atom. The number of benzene rings is 1. The summed E-state index contributed by atoms with van der Waals surface area (Å²) in [6, 6.07) is 6.91. The maximum Gasteiger partial charge on any atom is 0.348 e. The van der Waals surface area contributed by atoms with Crippen molar-refractivity contribution in [1.82, 2.24) is 4.98 Å². The SMILES string of the molecule is CCCC=CCC(=O)N(C)c1nc2ccccc2c(=O)o1. The summed E-state index contributed by atoms with van der Waals surface area (Å²) >= 11 is 0. The number of unbranched alkanes of at least 4 members (excludes halogenated alkanes) is 1. The third-order valence-corrected chi connectivity index (χ3v) is 3.10. The van der Waals surface area contributed by atoms with Gasteiger partial charge in [0.15, 0.2) is 0 Å². The van der Waals surface area contributed by atoms with Gasteiger partial charge in [0.25, 0.3) is 0 Å². The Bertz CT molecular complexity index is 719. The molecule has 0 spiro atoms. The van der Waals surface area contributed by atoms with Crippen molar-refractivity contribution in [1.29, 1.82) is 0 Å². The molecule has 21 heavy (non-hydrogen) atoms. The van der Waals surface area contributed by atoms with Crippen molar-refractivity contribution in [2.45, 2.75) is 26.2 Å². The molecule has 0 aliphatic heterocycles. The number of para-hydroxylation sites is 1. The first-order valence-corrected chi connectivity index (χ1v) is 6.95. The summed E-state index contributed by atoms with van der Waals surface area (Å²) in [5.41, 5.74) is 0.0294. The summed E-state index contributed by atoms with van der Waals surface area (Å²) in [5, 5.41) is 0.407. The Balaban J connectivity index is 2.21. The van der Waals surface area contributed by atoms with Crippen LogP contribution in [0.2, 0.25) is 0 Å². The second-order valence-electron chi connectivity index (χ2n) is 4.72. The Kier molecular flexibility index (Phi) is 4.87. The molecule has 0 saturated carbocycles. The summed E-state index contributed by atoms with van der Waals surface area (Å²) in [6.45, 7) is 2.08. The van der Waals surface area contributed by atoms with E-state index < -0.39 is 5.63 Å². The second-order valence-corrected chi connectivity index (χ2v) is 4.72. The van der Waals surface area contributed by atoms with Gasteiger partial charge in [-0.2, -0.15) is 4.98 Å². The molecule has 110 valence electrons. The molecule has 1 heterocycles. The molecule has 0 saturated heterocycles. The summed E-state index contributed by atoms with van der Waals surface area (Å²) in [7, 11) is 1.55. The number of anilines is 1. The number of amides is 1. The highest BCUT2D eigenvalue weighted by Crippen LogP contribution is 2.14. The molecule has 0 fully saturated rings. The van der Waals surface area contributed by atoms with Crippen molar-refractivity contribution < 1.29 is 9.21 Å². The van der Waals surface area contributed by atoms with E-state index in [-0.39, 0.29) is 18.3 Å². The molecule has 2 aromatic rings. The number of nitrogens with zero attached hydrogens (tertiary/aromatic N) is 2. The Hall–Kier alpha value is -2.43. The van der Waals surface area contributed by atoms with Crippen LogP contribution in [0.4, 0.5) is 6.01 Å². The zero-order valence-corrected chi connectivity index (χ0v) is 12.2. The van der Waals surface area contributed by atoms with Gasteiger partial charge in [0, 0.05) is 13.5 Å². The molecule has 5 heteroatoms. The van der Waals surface area contributed by atoms with Crippen LogP contribution in [0.5, 0.6) is 0 Å². The van der Waals surface area contributed by atoms with E-state index in [1.165, 1.54) is 4.90 Å². The van der Waals surface area contributed by atoms with Crippen LogP contribution in [0.25, 0.3) is 10.9 Å². The fraction of sp³-hybridized carbons (Fsp3) is 0.312. The topological polar surface area (TPSA) is 63.4 Å². The highest BCUT2D eigenvalue weighted by Gasteiger charge is 2.15. The fourth-order valence-corrected chi connectivity index (χ4v) is 1.86. The molecule has 0 aliphatic rings. The number of rotatable bonds is 5. The summed E-state index contributed by atoms with van der Waals surface area (Å²) in [6.07, 6.45) is 6.04. The van der Waals surface area contributed by atoms with Crippen LogP contribution in [0.1, 0.15) is 26.2 Å². The quantitative estimate of drug-likeness (QED) is 0.793. The third kappa shape index (κ3) is 3.56. The van der Waals surface area contributed by atoms with Crippen LogP contribution in [0, 0.1) is 0 Å². The predicted octanol–water partition coefficient (Wildman–Crippen LogP) is 2.90. The molecule has 1 aromatic carbocycles. The van der Waals surface area contributed by atoms with E-state index in [0.29, 0.717) is 10.9 Å². The minimum absolute atomic E-state index is 0.0209. The van der Waals surface area contributed by atoms with Crippen LogP contribution in [-0.2, 0) is 4.79 Å². The minimum atomic E-state index is -0.489. The molecule has 0 radical (unpaired) electrons. The highest BCUT2D eigenvalue weighted by atomic mass is 16.4. The summed E-state index contributed by atoms with van der Waals surface area (Å²) in [5.74, 6) is -0.173. The number of aromatic nitrogens is 1. The van der Waals surface area contributed by atoms with E-state index in [1.807, 2.05) is 12.2 Å². The summed E-state index contributed by atoms with van der Waals surface area (Å²) < 4.78 is 5.12. The molecule has 1 aromatic heterocycles. The van der Waals surface area contributed by atoms with Gasteiger partial charge in [-0.15, -0.1) is 0 Å². The molecule has 0 aliphatic carbocycles. The predicted molar refractivity (Wildman–Crippen MR) is 82.4 cm³/mol. The lowest BCUT2D eigenvalue weighted by Gasteiger charge is -2.13. The monoisotopic (exact) mass is 286 g/mol. The van der Waals surface area contributed by atoms with Crippen molar-refractivity contribution in [2.75, 3.05) is 11.9 Å². The van der Waals surface area contributed by atoms with Gasteiger partial charge in [0.1, 0.15) is 0 Å². The van der Waals surface area contributed by atoms with E-state index >= 15 is 0 Å². The number of allylic oxidation sites excluding steroid dienone is 1. The number of carbonyl (C=O) groups excluding carboxylic acids is 1. The largest absolute Gasteiger partial charge is 0.388 e. The number of fused-ring (bicyclic) bond motifs is 1. The number of hydrogen-bond acceptors (Lipinski definition) is 4. The van der Waals surface area contributed by atoms with Gasteiger partial charge in [-0.1, -0.05) is 37.6 Å². The lowest BCUT2D eigenvalue weighted by molar-refractivity contribution is -0.117. The van der Waals surface area contributed by atoms with E-state index in [0.717, 1.165) is 12.8 Å². The van der Waals surface area contributed by atoms with Crippen molar-refractivity contribution in [3.05, 3.63) is 46.8 Å². The molecular formula is C16H18N2O3. The first-order valence-electron chi connectivity index (χ1n) is 6.95. The van der Waals surface area contributed by atoms with Crippen LogP contribution >= 0.6 is 0 Å². The first kappa shape index (κ1) is 15.0. The number of carbonyl (C=O) groups is 1. The molecule has 0 N–H and O–H groups in total. The average Bonchev–Trinajstić information content (AvgIpc) is 2.50. The number of hydrogen-bond donors (Lipinski definition) is 0. The van der Waals surface area contributed by atoms with Gasteiger partial charge in [-0.3, -0.25) is 9.69 Å². The van der Waals surface area contributed by atoms with Gasteiger partial charge in [0.05, 0.1) is 10.9 Å². The van der Waals surface area contributed by atoms with Gasteiger partial charge >= 0.3 is 11.6 Å². The first-order chi connectivity index (χ1) is 10.1. The molecule has 2 rings (SSSR count). The van der Waals surface area contributed by atoms with Crippen molar-refractivity contribution in [3.8, 4) is 0 Å². The molecule has 0 unspecified atom stereocenters. The van der Waals surface area contributed by atoms with Crippen LogP contribution in [0.15, 0.2) is 45.6 Å². The Morgan fingerprint density at radius 2 is 2.10 bits per heavy atom. The average molecular weight is 286 g/mol. The van der Waals surface area contributed by atoms with Crippen LogP contribution in [-0.4, -0.2) is 17.9 Å². The van der Waals surface area contributed by atoms with Crippen LogP contribution < -0.4 is 10.5 Å². The zero-order valence-electron chi connectivity index (χ0n) is 12.2. The smallest absolute Gasteiger partial charge is 0.348 e. The molecule has 0 bridgehead atoms. The fourth-order valence-electron chi connectivity index (χ4n) is 1.86. The van der Waals surface area contributed by atoms with Gasteiger partial charge in [0.2, 0.25) is 5.91 Å². The lowest BCUT2D eigenvalue weighted by atomic mass is 10.2. The highest BCUT2D eigenvalue weighted by molar-refractivity contribution is 5.92. The third-order valence-electron chi connectivity index (χ3n) is 3.10. The lowest BCUT2D eigenvalue weighted by Crippen LogP contribution is -2.27. The molecule has 5 nitrogen and oxygen atoms in total. The molecule has 0 atom stereocenters. The molecular weight excluding hydrogens is 268 g/mol. The Morgan fingerprint density at radius 1 is 1.33 bits per heavy atom. The standard InChI is InChI=1S/C16H18N2O3/c1-3-4-5-6-11-14(19)18(2)16-17-13-10-8-7-9-12(13)15(20)21-16/h5-10H,3-4,11H2,1-2H3. The van der Waals surface area contributed by atoms with Crippen LogP contribution in [0.3, 0.4) is 0 Å². The Labute approximate surface area is 122 Å². The van der Waals surface area contributed by atoms with E-state index in [9.17, 15) is 9.59 Å². The molecule has 1 amide bonds. The van der Waals surface area contributed by atoms with E-state index in [2.05, 4.69) is 11.9 Å². The van der Waals surface area contributed by atoms with Gasteiger partial charge in [-0.25, -0.2) is 4.79 Å². The van der Waals surface area contributed by atoms with Gasteiger partial charge in [-0.05, 0) is 18.6 Å². The van der Waals surface area contributed by atoms with Gasteiger partial charge < -0.3 is 4.42 Å². The normalized spacial score (nSPS) is 11.1. The minimum Gasteiger partial charge on any atom is -0.388 e. The van der Waals surface area contributed by atoms with Crippen molar-refractivity contribution in [2.24, 2.45) is 0 Å².